The molecule has 0 amide bonds. The first-order valence-electron chi connectivity index (χ1n) is 5.72. The monoisotopic (exact) mass is 315 g/mol. The van der Waals surface area contributed by atoms with Gasteiger partial charge in [-0.25, -0.2) is 0 Å². The van der Waals surface area contributed by atoms with Crippen LogP contribution < -0.4 is 10.1 Å². The summed E-state index contributed by atoms with van der Waals surface area (Å²) in [4.78, 5) is 0. The first kappa shape index (κ1) is 14.3. The molecular weight excluding hydrogens is 305 g/mol. The number of hydrogen-bond donors (Lipinski definition) is 1. The van der Waals surface area contributed by atoms with Crippen molar-refractivity contribution in [1.29, 1.82) is 0 Å². The van der Waals surface area contributed by atoms with Gasteiger partial charge in [-0.05, 0) is 42.5 Å². The van der Waals surface area contributed by atoms with Crippen molar-refractivity contribution in [3.05, 3.63) is 57.5 Å². The molecule has 0 spiro atoms. The van der Waals surface area contributed by atoms with Crippen molar-refractivity contribution in [2.75, 3.05) is 18.5 Å². The van der Waals surface area contributed by atoms with Crippen LogP contribution in [0.1, 0.15) is 0 Å². The predicted octanol–water partition coefficient (Wildman–Crippen LogP) is 5.14. The highest BCUT2D eigenvalue weighted by atomic mass is 35.5. The molecule has 0 aliphatic rings. The fourth-order valence-corrected chi connectivity index (χ4v) is 2.20. The van der Waals surface area contributed by atoms with Crippen LogP contribution in [0.25, 0.3) is 0 Å². The van der Waals surface area contributed by atoms with Crippen LogP contribution in [0.15, 0.2) is 42.5 Å². The van der Waals surface area contributed by atoms with Gasteiger partial charge in [-0.1, -0.05) is 34.8 Å². The third kappa shape index (κ3) is 4.83. The molecule has 0 heterocycles. The molecule has 0 aromatic heterocycles. The van der Waals surface area contributed by atoms with Gasteiger partial charge in [0.05, 0.1) is 0 Å². The van der Waals surface area contributed by atoms with Crippen LogP contribution in [0.5, 0.6) is 5.75 Å². The predicted molar refractivity (Wildman–Crippen MR) is 81.9 cm³/mol. The lowest BCUT2D eigenvalue weighted by Gasteiger charge is -2.09. The lowest BCUT2D eigenvalue weighted by molar-refractivity contribution is 0.333. The van der Waals surface area contributed by atoms with Crippen molar-refractivity contribution in [3.63, 3.8) is 0 Å². The summed E-state index contributed by atoms with van der Waals surface area (Å²) in [6.45, 7) is 1.19. The maximum Gasteiger partial charge on any atom is 0.119 e. The summed E-state index contributed by atoms with van der Waals surface area (Å²) < 4.78 is 5.56. The van der Waals surface area contributed by atoms with E-state index >= 15 is 0 Å². The standard InChI is InChI=1S/C14H12Cl3NO/c15-10-1-3-14(4-2-10)19-6-5-18-13-8-11(16)7-12(17)9-13/h1-4,7-9,18H,5-6H2. The second-order valence-electron chi connectivity index (χ2n) is 3.89. The van der Waals surface area contributed by atoms with Crippen molar-refractivity contribution in [3.8, 4) is 5.75 Å². The van der Waals surface area contributed by atoms with Gasteiger partial charge in [0, 0.05) is 27.3 Å². The molecule has 0 radical (unpaired) electrons. The number of rotatable bonds is 5. The molecule has 0 atom stereocenters. The van der Waals surface area contributed by atoms with E-state index in [4.69, 9.17) is 39.5 Å². The van der Waals surface area contributed by atoms with Gasteiger partial charge in [0.2, 0.25) is 0 Å². The molecule has 19 heavy (non-hydrogen) atoms. The Bertz CT molecular complexity index is 523. The summed E-state index contributed by atoms with van der Waals surface area (Å²) in [5.74, 6) is 0.787. The molecule has 0 aliphatic heterocycles. The summed E-state index contributed by atoms with van der Waals surface area (Å²) in [6.07, 6.45) is 0. The molecule has 5 heteroatoms. The SMILES string of the molecule is Clc1ccc(OCCNc2cc(Cl)cc(Cl)c2)cc1. The van der Waals surface area contributed by atoms with E-state index in [9.17, 15) is 0 Å². The van der Waals surface area contributed by atoms with Crippen LogP contribution in [-0.2, 0) is 0 Å². The lowest BCUT2D eigenvalue weighted by Crippen LogP contribution is -2.11. The van der Waals surface area contributed by atoms with E-state index in [1.54, 1.807) is 18.2 Å². The van der Waals surface area contributed by atoms with Crippen molar-refractivity contribution in [2.45, 2.75) is 0 Å². The molecule has 0 fully saturated rings. The minimum Gasteiger partial charge on any atom is -0.492 e. The molecular formula is C14H12Cl3NO. The van der Waals surface area contributed by atoms with Gasteiger partial charge in [-0.3, -0.25) is 0 Å². The van der Waals surface area contributed by atoms with Crippen LogP contribution in [0.3, 0.4) is 0 Å². The number of anilines is 1. The van der Waals surface area contributed by atoms with E-state index in [1.807, 2.05) is 24.3 Å². The van der Waals surface area contributed by atoms with E-state index in [-0.39, 0.29) is 0 Å². The Morgan fingerprint density at radius 2 is 1.47 bits per heavy atom. The summed E-state index contributed by atoms with van der Waals surface area (Å²) in [7, 11) is 0. The molecule has 0 saturated carbocycles. The summed E-state index contributed by atoms with van der Waals surface area (Å²) in [5, 5.41) is 5.09. The summed E-state index contributed by atoms with van der Waals surface area (Å²) >= 11 is 17.6. The number of hydrogen-bond acceptors (Lipinski definition) is 2. The van der Waals surface area contributed by atoms with Crippen LogP contribution in [0.4, 0.5) is 5.69 Å². The average molecular weight is 317 g/mol. The zero-order valence-corrected chi connectivity index (χ0v) is 12.3. The Morgan fingerprint density at radius 1 is 0.842 bits per heavy atom. The van der Waals surface area contributed by atoms with Crippen molar-refractivity contribution < 1.29 is 4.74 Å². The summed E-state index contributed by atoms with van der Waals surface area (Å²) in [6, 6.07) is 12.6. The first-order chi connectivity index (χ1) is 9.13. The lowest BCUT2D eigenvalue weighted by atomic mass is 10.3. The van der Waals surface area contributed by atoms with Crippen LogP contribution in [0, 0.1) is 0 Å². The van der Waals surface area contributed by atoms with Crippen molar-refractivity contribution in [2.24, 2.45) is 0 Å². The van der Waals surface area contributed by atoms with Gasteiger partial charge in [-0.2, -0.15) is 0 Å². The third-order valence-corrected chi connectivity index (χ3v) is 3.06. The highest BCUT2D eigenvalue weighted by molar-refractivity contribution is 6.35. The maximum absolute atomic E-state index is 5.91. The molecule has 2 aromatic carbocycles. The molecule has 100 valence electrons. The highest BCUT2D eigenvalue weighted by Gasteiger charge is 1.98. The van der Waals surface area contributed by atoms with Crippen LogP contribution >= 0.6 is 34.8 Å². The number of nitrogens with one attached hydrogen (secondary N) is 1. The maximum atomic E-state index is 5.91. The van der Waals surface area contributed by atoms with Crippen LogP contribution in [-0.4, -0.2) is 13.2 Å². The Balaban J connectivity index is 1.79. The Labute approximate surface area is 127 Å². The minimum atomic E-state index is 0.533. The molecule has 0 bridgehead atoms. The average Bonchev–Trinajstić information content (AvgIpc) is 2.36. The third-order valence-electron chi connectivity index (χ3n) is 2.38. The van der Waals surface area contributed by atoms with E-state index in [0.29, 0.717) is 28.2 Å². The molecule has 1 N–H and O–H groups in total. The van der Waals surface area contributed by atoms with E-state index in [2.05, 4.69) is 5.32 Å². The smallest absolute Gasteiger partial charge is 0.119 e. The fourth-order valence-electron chi connectivity index (χ4n) is 1.55. The molecule has 2 rings (SSSR count). The van der Waals surface area contributed by atoms with Gasteiger partial charge >= 0.3 is 0 Å². The first-order valence-corrected chi connectivity index (χ1v) is 6.85. The normalized spacial score (nSPS) is 10.3. The number of benzene rings is 2. The topological polar surface area (TPSA) is 21.3 Å². The second-order valence-corrected chi connectivity index (χ2v) is 5.20. The Morgan fingerprint density at radius 3 is 2.11 bits per heavy atom. The van der Waals surface area contributed by atoms with Gasteiger partial charge in [0.25, 0.3) is 0 Å². The zero-order valence-electron chi connectivity index (χ0n) is 10.00. The van der Waals surface area contributed by atoms with Gasteiger partial charge in [0.1, 0.15) is 12.4 Å². The van der Waals surface area contributed by atoms with E-state index in [0.717, 1.165) is 11.4 Å². The second kappa shape index (κ2) is 6.90. The van der Waals surface area contributed by atoms with Gasteiger partial charge in [-0.15, -0.1) is 0 Å². The fraction of sp³-hybridized carbons (Fsp3) is 0.143. The number of ether oxygens (including phenoxy) is 1. The molecule has 2 aromatic rings. The molecule has 0 unspecified atom stereocenters. The number of halogens is 3. The zero-order chi connectivity index (χ0) is 13.7. The Kier molecular flexibility index (Phi) is 5.20. The van der Waals surface area contributed by atoms with Gasteiger partial charge in [0.15, 0.2) is 0 Å². The Hall–Kier alpha value is -1.09. The van der Waals surface area contributed by atoms with Crippen molar-refractivity contribution in [1.82, 2.24) is 0 Å². The molecule has 0 saturated heterocycles. The van der Waals surface area contributed by atoms with Crippen molar-refractivity contribution >= 4 is 40.5 Å². The van der Waals surface area contributed by atoms with E-state index < -0.39 is 0 Å². The molecule has 2 nitrogen and oxygen atoms in total. The summed E-state index contributed by atoms with van der Waals surface area (Å²) in [5.41, 5.74) is 0.872. The quantitative estimate of drug-likeness (QED) is 0.771. The largest absolute Gasteiger partial charge is 0.492 e. The molecule has 0 aliphatic carbocycles. The highest BCUT2D eigenvalue weighted by Crippen LogP contribution is 2.22. The minimum absolute atomic E-state index is 0.533. The van der Waals surface area contributed by atoms with Crippen LogP contribution in [0.2, 0.25) is 15.1 Å². The van der Waals surface area contributed by atoms with Gasteiger partial charge < -0.3 is 10.1 Å². The van der Waals surface area contributed by atoms with E-state index in [1.165, 1.54) is 0 Å².